The van der Waals surface area contributed by atoms with Gasteiger partial charge in [0.15, 0.2) is 0 Å². The van der Waals surface area contributed by atoms with Crippen molar-refractivity contribution in [3.63, 3.8) is 0 Å². The Morgan fingerprint density at radius 2 is 2.00 bits per heavy atom. The van der Waals surface area contributed by atoms with Gasteiger partial charge in [-0.25, -0.2) is 5.10 Å². The predicted octanol–water partition coefficient (Wildman–Crippen LogP) is 1.43. The Kier molecular flexibility index (Phi) is 4.58. The quantitative estimate of drug-likeness (QED) is 0.880. The van der Waals surface area contributed by atoms with Crippen LogP contribution in [0.5, 0.6) is 0 Å². The molecule has 0 radical (unpaired) electrons. The molecule has 124 valence electrons. The molecule has 0 amide bonds. The van der Waals surface area contributed by atoms with Gasteiger partial charge in [0.05, 0.1) is 0 Å². The fraction of sp³-hybridized carbons (Fsp3) is 0.467. The van der Waals surface area contributed by atoms with Crippen molar-refractivity contribution in [2.45, 2.75) is 6.54 Å². The molecule has 0 unspecified atom stereocenters. The highest BCUT2D eigenvalue weighted by Gasteiger charge is 2.20. The summed E-state index contributed by atoms with van der Waals surface area (Å²) in [6.07, 6.45) is 0. The molecule has 2 heterocycles. The molecule has 7 nitrogen and oxygen atoms in total. The van der Waals surface area contributed by atoms with Gasteiger partial charge in [-0.05, 0) is 17.7 Å². The summed E-state index contributed by atoms with van der Waals surface area (Å²) >= 11 is 6.42. The number of rotatable bonds is 4. The van der Waals surface area contributed by atoms with Crippen LogP contribution in [0.15, 0.2) is 18.2 Å². The number of benzene rings is 1. The minimum Gasteiger partial charge on any atom is -0.378 e. The second-order valence-electron chi connectivity index (χ2n) is 5.95. The van der Waals surface area contributed by atoms with Crippen molar-refractivity contribution >= 4 is 29.2 Å². The summed E-state index contributed by atoms with van der Waals surface area (Å²) in [5, 5.41) is 7.56. The zero-order valence-electron chi connectivity index (χ0n) is 13.5. The summed E-state index contributed by atoms with van der Waals surface area (Å²) < 4.78 is 0. The van der Waals surface area contributed by atoms with Crippen LogP contribution in [0.3, 0.4) is 0 Å². The molecule has 3 rings (SSSR count). The third-order valence-corrected chi connectivity index (χ3v) is 4.46. The highest BCUT2D eigenvalue weighted by atomic mass is 35.5. The second-order valence-corrected chi connectivity index (χ2v) is 6.36. The van der Waals surface area contributed by atoms with E-state index in [1.807, 2.05) is 20.2 Å². The first-order valence-corrected chi connectivity index (χ1v) is 8.01. The van der Waals surface area contributed by atoms with Crippen molar-refractivity contribution in [3.05, 3.63) is 28.8 Å². The van der Waals surface area contributed by atoms with Gasteiger partial charge in [-0.3, -0.25) is 4.90 Å². The van der Waals surface area contributed by atoms with Crippen LogP contribution in [0.25, 0.3) is 0 Å². The minimum absolute atomic E-state index is 0.287. The number of aromatic amines is 1. The van der Waals surface area contributed by atoms with Gasteiger partial charge in [-0.1, -0.05) is 17.7 Å². The van der Waals surface area contributed by atoms with E-state index in [0.717, 1.165) is 54.9 Å². The largest absolute Gasteiger partial charge is 0.378 e. The number of halogens is 1. The molecule has 1 saturated heterocycles. The molecule has 1 aliphatic heterocycles. The van der Waals surface area contributed by atoms with Crippen molar-refractivity contribution in [1.82, 2.24) is 20.1 Å². The summed E-state index contributed by atoms with van der Waals surface area (Å²) in [6.45, 7) is 4.54. The van der Waals surface area contributed by atoms with Gasteiger partial charge < -0.3 is 15.5 Å². The number of nitrogen functional groups attached to an aromatic ring is 1. The maximum Gasteiger partial charge on any atom is 0.241 e. The summed E-state index contributed by atoms with van der Waals surface area (Å²) in [4.78, 5) is 10.8. The number of nitrogens with one attached hydrogen (secondary N) is 1. The molecule has 1 aliphatic rings. The van der Waals surface area contributed by atoms with E-state index in [4.69, 9.17) is 17.3 Å². The summed E-state index contributed by atoms with van der Waals surface area (Å²) in [5.41, 5.74) is 7.83. The lowest BCUT2D eigenvalue weighted by Gasteiger charge is -2.34. The number of H-pyrrole nitrogens is 1. The van der Waals surface area contributed by atoms with Gasteiger partial charge in [-0.15, -0.1) is 5.10 Å². The van der Waals surface area contributed by atoms with Crippen molar-refractivity contribution in [1.29, 1.82) is 0 Å². The third kappa shape index (κ3) is 3.68. The SMILES string of the molecule is CN(C)c1ccc(CN2CCN(c3nc(N)n[nH]3)CC2)c(Cl)c1. The number of anilines is 3. The summed E-state index contributed by atoms with van der Waals surface area (Å²) in [5.74, 6) is 1.03. The number of piperazine rings is 1. The maximum atomic E-state index is 6.42. The number of hydrogen-bond acceptors (Lipinski definition) is 6. The van der Waals surface area contributed by atoms with Crippen LogP contribution in [0, 0.1) is 0 Å². The van der Waals surface area contributed by atoms with Gasteiger partial charge in [0.2, 0.25) is 11.9 Å². The number of nitrogens with zero attached hydrogens (tertiary/aromatic N) is 5. The van der Waals surface area contributed by atoms with E-state index in [1.165, 1.54) is 0 Å². The molecule has 0 atom stereocenters. The number of hydrogen-bond donors (Lipinski definition) is 2. The first kappa shape index (κ1) is 15.9. The van der Waals surface area contributed by atoms with Crippen molar-refractivity contribution < 1.29 is 0 Å². The predicted molar refractivity (Wildman–Crippen MR) is 94.1 cm³/mol. The van der Waals surface area contributed by atoms with E-state index in [0.29, 0.717) is 0 Å². The number of aromatic nitrogens is 3. The van der Waals surface area contributed by atoms with E-state index in [1.54, 1.807) is 0 Å². The first-order valence-electron chi connectivity index (χ1n) is 7.64. The fourth-order valence-corrected chi connectivity index (χ4v) is 2.94. The first-order chi connectivity index (χ1) is 11.0. The van der Waals surface area contributed by atoms with Crippen molar-refractivity contribution in [2.24, 2.45) is 0 Å². The van der Waals surface area contributed by atoms with Crippen molar-refractivity contribution in [2.75, 3.05) is 55.8 Å². The molecule has 23 heavy (non-hydrogen) atoms. The lowest BCUT2D eigenvalue weighted by Crippen LogP contribution is -2.46. The molecule has 3 N–H and O–H groups in total. The molecular weight excluding hydrogens is 314 g/mol. The Morgan fingerprint density at radius 3 is 2.57 bits per heavy atom. The van der Waals surface area contributed by atoms with Crippen LogP contribution in [0.1, 0.15) is 5.56 Å². The maximum absolute atomic E-state index is 6.42. The molecular formula is C15H22ClN7. The average molecular weight is 336 g/mol. The Balaban J connectivity index is 1.58. The highest BCUT2D eigenvalue weighted by molar-refractivity contribution is 6.31. The van der Waals surface area contributed by atoms with Crippen LogP contribution < -0.4 is 15.5 Å². The van der Waals surface area contributed by atoms with Gasteiger partial charge in [0.1, 0.15) is 0 Å². The van der Waals surface area contributed by atoms with E-state index >= 15 is 0 Å². The molecule has 8 heteroatoms. The third-order valence-electron chi connectivity index (χ3n) is 4.11. The van der Waals surface area contributed by atoms with Gasteiger partial charge >= 0.3 is 0 Å². The van der Waals surface area contributed by atoms with Gasteiger partial charge in [0.25, 0.3) is 0 Å². The Bertz CT molecular complexity index is 662. The molecule has 0 bridgehead atoms. The Hall–Kier alpha value is -1.99. The lowest BCUT2D eigenvalue weighted by molar-refractivity contribution is 0.249. The normalized spacial score (nSPS) is 15.9. The Labute approximate surface area is 141 Å². The second kappa shape index (κ2) is 6.64. The standard InChI is InChI=1S/C15H22ClN7/c1-21(2)12-4-3-11(13(16)9-12)10-22-5-7-23(8-6-22)15-18-14(17)19-20-15/h3-4,9H,5-8,10H2,1-2H3,(H3,17,18,19,20). The monoisotopic (exact) mass is 335 g/mol. The molecule has 1 fully saturated rings. The molecule has 1 aromatic heterocycles. The average Bonchev–Trinajstić information content (AvgIpc) is 2.96. The lowest BCUT2D eigenvalue weighted by atomic mass is 10.1. The molecule has 1 aromatic carbocycles. The van der Waals surface area contributed by atoms with Crippen LogP contribution in [-0.4, -0.2) is 60.4 Å². The topological polar surface area (TPSA) is 77.3 Å². The van der Waals surface area contributed by atoms with Gasteiger partial charge in [0, 0.05) is 57.5 Å². The summed E-state index contributed by atoms with van der Waals surface area (Å²) in [6, 6.07) is 6.24. The molecule has 2 aromatic rings. The van der Waals surface area contributed by atoms with Crippen molar-refractivity contribution in [3.8, 4) is 0 Å². The minimum atomic E-state index is 0.287. The fourth-order valence-electron chi connectivity index (χ4n) is 2.71. The zero-order chi connectivity index (χ0) is 16.4. The zero-order valence-corrected chi connectivity index (χ0v) is 14.2. The molecule has 0 aliphatic carbocycles. The highest BCUT2D eigenvalue weighted by Crippen LogP contribution is 2.24. The van der Waals surface area contributed by atoms with E-state index in [-0.39, 0.29) is 5.95 Å². The van der Waals surface area contributed by atoms with Gasteiger partial charge in [-0.2, -0.15) is 4.98 Å². The van der Waals surface area contributed by atoms with E-state index < -0.39 is 0 Å². The van der Waals surface area contributed by atoms with E-state index in [2.05, 4.69) is 42.0 Å². The van der Waals surface area contributed by atoms with Crippen LogP contribution in [0.2, 0.25) is 5.02 Å². The van der Waals surface area contributed by atoms with E-state index in [9.17, 15) is 0 Å². The molecule has 0 spiro atoms. The number of nitrogens with two attached hydrogens (primary N) is 1. The van der Waals surface area contributed by atoms with Crippen LogP contribution in [0.4, 0.5) is 17.6 Å². The molecule has 0 saturated carbocycles. The smallest absolute Gasteiger partial charge is 0.241 e. The Morgan fingerprint density at radius 1 is 1.26 bits per heavy atom. The van der Waals surface area contributed by atoms with Crippen LogP contribution in [-0.2, 0) is 6.54 Å². The van der Waals surface area contributed by atoms with Crippen LogP contribution >= 0.6 is 11.6 Å². The summed E-state index contributed by atoms with van der Waals surface area (Å²) in [7, 11) is 4.03.